The van der Waals surface area contributed by atoms with E-state index in [1.807, 2.05) is 12.1 Å². The first kappa shape index (κ1) is 14.6. The Morgan fingerprint density at radius 3 is 2.72 bits per heavy atom. The average molecular weight is 331 g/mol. The zero-order valence-corrected chi connectivity index (χ0v) is 14.0. The molecule has 1 atom stereocenters. The summed E-state index contributed by atoms with van der Waals surface area (Å²) >= 11 is 0. The molecule has 1 aliphatic carbocycles. The molecule has 2 heterocycles. The lowest BCUT2D eigenvalue weighted by atomic mass is 9.94. The second-order valence-electron chi connectivity index (χ2n) is 7.09. The van der Waals surface area contributed by atoms with E-state index in [9.17, 15) is 5.11 Å². The number of aromatic hydroxyl groups is 1. The Labute approximate surface area is 146 Å². The van der Waals surface area contributed by atoms with Crippen LogP contribution >= 0.6 is 0 Å². The number of hydrazone groups is 1. The summed E-state index contributed by atoms with van der Waals surface area (Å²) < 4.78 is 0. The summed E-state index contributed by atoms with van der Waals surface area (Å²) in [6.07, 6.45) is 5.79. The van der Waals surface area contributed by atoms with Gasteiger partial charge in [-0.3, -0.25) is 0 Å². The Hall–Kier alpha value is -2.75. The summed E-state index contributed by atoms with van der Waals surface area (Å²) in [6, 6.07) is 14.2. The van der Waals surface area contributed by atoms with Gasteiger partial charge in [0.2, 0.25) is 0 Å². The molecule has 0 bridgehead atoms. The number of nitrogens with zero attached hydrogens (tertiary/aromatic N) is 1. The van der Waals surface area contributed by atoms with Crippen LogP contribution in [-0.4, -0.2) is 15.8 Å². The van der Waals surface area contributed by atoms with Gasteiger partial charge in [-0.15, -0.1) is 0 Å². The number of hydrogen-bond donors (Lipinski definition) is 3. The largest absolute Gasteiger partial charge is 0.508 e. The normalized spacial score (nSPS) is 19.5. The van der Waals surface area contributed by atoms with Crippen LogP contribution in [0.3, 0.4) is 0 Å². The van der Waals surface area contributed by atoms with Crippen molar-refractivity contribution in [1.82, 2.24) is 10.4 Å². The van der Waals surface area contributed by atoms with Crippen LogP contribution in [-0.2, 0) is 12.8 Å². The summed E-state index contributed by atoms with van der Waals surface area (Å²) in [5.41, 5.74) is 10.9. The van der Waals surface area contributed by atoms with Gasteiger partial charge in [0.05, 0.1) is 11.8 Å². The first-order valence-electron chi connectivity index (χ1n) is 9.03. The van der Waals surface area contributed by atoms with Gasteiger partial charge < -0.3 is 15.5 Å². The van der Waals surface area contributed by atoms with Gasteiger partial charge in [0.15, 0.2) is 0 Å². The molecule has 0 amide bonds. The molecule has 2 aliphatic rings. The predicted octanol–water partition coefficient (Wildman–Crippen LogP) is 4.19. The highest BCUT2D eigenvalue weighted by Crippen LogP contribution is 2.31. The minimum atomic E-state index is 0.173. The lowest BCUT2D eigenvalue weighted by Gasteiger charge is -2.11. The van der Waals surface area contributed by atoms with Crippen LogP contribution in [0.4, 0.5) is 0 Å². The van der Waals surface area contributed by atoms with Gasteiger partial charge in [0, 0.05) is 23.0 Å². The summed E-state index contributed by atoms with van der Waals surface area (Å²) in [5.74, 6) is 0.297. The molecular formula is C21H21N3O. The third kappa shape index (κ3) is 2.49. The standard InChI is InChI=1S/C21H21N3O/c25-15-8-5-13(6-9-15)20-12-21(24-23-20)14-7-10-19-17(11-14)16-3-1-2-4-18(16)22-19/h5-11,20,22-23,25H,1-4,12H2. The fourth-order valence-corrected chi connectivity index (χ4v) is 4.11. The van der Waals surface area contributed by atoms with Gasteiger partial charge in [-0.1, -0.05) is 18.2 Å². The highest BCUT2D eigenvalue weighted by atomic mass is 16.3. The predicted molar refractivity (Wildman–Crippen MR) is 100 cm³/mol. The van der Waals surface area contributed by atoms with Crippen LogP contribution in [0.25, 0.3) is 10.9 Å². The van der Waals surface area contributed by atoms with Gasteiger partial charge in [-0.2, -0.15) is 5.10 Å². The highest BCUT2D eigenvalue weighted by Gasteiger charge is 2.22. The van der Waals surface area contributed by atoms with Crippen molar-refractivity contribution in [3.8, 4) is 5.75 Å². The van der Waals surface area contributed by atoms with Gasteiger partial charge in [-0.25, -0.2) is 0 Å². The maximum atomic E-state index is 9.45. The topological polar surface area (TPSA) is 60.4 Å². The van der Waals surface area contributed by atoms with E-state index < -0.39 is 0 Å². The number of aromatic amines is 1. The Balaban J connectivity index is 1.44. The molecule has 0 spiro atoms. The summed E-state index contributed by atoms with van der Waals surface area (Å²) in [7, 11) is 0. The Morgan fingerprint density at radius 2 is 1.84 bits per heavy atom. The molecule has 1 aromatic heterocycles. The molecule has 1 aliphatic heterocycles. The van der Waals surface area contributed by atoms with E-state index in [-0.39, 0.29) is 6.04 Å². The van der Waals surface area contributed by atoms with Crippen molar-refractivity contribution in [2.45, 2.75) is 38.1 Å². The maximum Gasteiger partial charge on any atom is 0.115 e. The molecule has 2 aromatic carbocycles. The van der Waals surface area contributed by atoms with Crippen molar-refractivity contribution in [3.63, 3.8) is 0 Å². The SMILES string of the molecule is Oc1ccc(C2CC(c3ccc4[nH]c5c(c4c3)CCCC5)=NN2)cc1. The summed E-state index contributed by atoms with van der Waals surface area (Å²) in [5, 5.41) is 15.4. The van der Waals surface area contributed by atoms with Crippen molar-refractivity contribution in [1.29, 1.82) is 0 Å². The van der Waals surface area contributed by atoms with Gasteiger partial charge in [0.1, 0.15) is 5.75 Å². The molecule has 3 aromatic rings. The fourth-order valence-electron chi connectivity index (χ4n) is 4.11. The van der Waals surface area contributed by atoms with E-state index in [1.54, 1.807) is 12.1 Å². The van der Waals surface area contributed by atoms with E-state index >= 15 is 0 Å². The van der Waals surface area contributed by atoms with Gasteiger partial charge >= 0.3 is 0 Å². The van der Waals surface area contributed by atoms with E-state index in [0.717, 1.165) is 17.7 Å². The van der Waals surface area contributed by atoms with Gasteiger partial charge in [0.25, 0.3) is 0 Å². The molecule has 0 radical (unpaired) electrons. The third-order valence-corrected chi connectivity index (χ3v) is 5.48. The lowest BCUT2D eigenvalue weighted by molar-refractivity contribution is 0.474. The molecule has 4 nitrogen and oxygen atoms in total. The van der Waals surface area contributed by atoms with Crippen molar-refractivity contribution in [3.05, 3.63) is 64.8 Å². The number of rotatable bonds is 2. The lowest BCUT2D eigenvalue weighted by Crippen LogP contribution is -2.09. The molecule has 0 fully saturated rings. The van der Waals surface area contributed by atoms with Crippen molar-refractivity contribution in [2.75, 3.05) is 0 Å². The van der Waals surface area contributed by atoms with Crippen LogP contribution in [0, 0.1) is 0 Å². The van der Waals surface area contributed by atoms with Crippen LogP contribution in [0.15, 0.2) is 47.6 Å². The molecular weight excluding hydrogens is 310 g/mol. The molecule has 25 heavy (non-hydrogen) atoms. The number of nitrogens with one attached hydrogen (secondary N) is 2. The quantitative estimate of drug-likeness (QED) is 0.659. The van der Waals surface area contributed by atoms with E-state index in [2.05, 4.69) is 33.7 Å². The fraction of sp³-hybridized carbons (Fsp3) is 0.286. The Morgan fingerprint density at radius 1 is 1.00 bits per heavy atom. The molecule has 3 N–H and O–H groups in total. The number of phenolic OH excluding ortho intramolecular Hbond substituents is 1. The van der Waals surface area contributed by atoms with E-state index in [1.165, 1.54) is 53.4 Å². The monoisotopic (exact) mass is 331 g/mol. The molecule has 1 unspecified atom stereocenters. The first-order valence-corrected chi connectivity index (χ1v) is 9.03. The maximum absolute atomic E-state index is 9.45. The van der Waals surface area contributed by atoms with Gasteiger partial charge in [-0.05, 0) is 66.6 Å². The molecule has 5 rings (SSSR count). The van der Waals surface area contributed by atoms with Crippen LogP contribution < -0.4 is 5.43 Å². The third-order valence-electron chi connectivity index (χ3n) is 5.48. The number of aryl methyl sites for hydroxylation is 2. The number of benzene rings is 2. The summed E-state index contributed by atoms with van der Waals surface area (Å²) in [4.78, 5) is 3.59. The second kappa shape index (κ2) is 5.66. The zero-order valence-electron chi connectivity index (χ0n) is 14.0. The first-order chi connectivity index (χ1) is 12.3. The smallest absolute Gasteiger partial charge is 0.115 e. The highest BCUT2D eigenvalue weighted by molar-refractivity contribution is 6.04. The second-order valence-corrected chi connectivity index (χ2v) is 7.09. The van der Waals surface area contributed by atoms with Crippen LogP contribution in [0.2, 0.25) is 0 Å². The van der Waals surface area contributed by atoms with Crippen molar-refractivity contribution >= 4 is 16.6 Å². The molecule has 126 valence electrons. The van der Waals surface area contributed by atoms with E-state index in [0.29, 0.717) is 5.75 Å². The Kier molecular flexibility index (Phi) is 3.30. The van der Waals surface area contributed by atoms with Crippen LogP contribution in [0.5, 0.6) is 5.75 Å². The molecule has 0 saturated heterocycles. The molecule has 0 saturated carbocycles. The molecule has 4 heteroatoms. The number of aromatic nitrogens is 1. The minimum absolute atomic E-state index is 0.173. The number of fused-ring (bicyclic) bond motifs is 3. The van der Waals surface area contributed by atoms with Crippen molar-refractivity contribution < 1.29 is 5.11 Å². The number of phenols is 1. The zero-order chi connectivity index (χ0) is 16.8. The summed E-state index contributed by atoms with van der Waals surface area (Å²) in [6.45, 7) is 0. The number of H-pyrrole nitrogens is 1. The minimum Gasteiger partial charge on any atom is -0.508 e. The van der Waals surface area contributed by atoms with Crippen molar-refractivity contribution in [2.24, 2.45) is 5.10 Å². The average Bonchev–Trinajstić information content (AvgIpc) is 3.26. The number of hydrogen-bond acceptors (Lipinski definition) is 3. The van der Waals surface area contributed by atoms with Crippen LogP contribution in [0.1, 0.15) is 47.7 Å². The van der Waals surface area contributed by atoms with E-state index in [4.69, 9.17) is 0 Å². The Bertz CT molecular complexity index is 969.